The smallest absolute Gasteiger partial charge is 0.262 e. The molecule has 32 heavy (non-hydrogen) atoms. The van der Waals surface area contributed by atoms with Gasteiger partial charge in [-0.05, 0) is 37.0 Å². The van der Waals surface area contributed by atoms with Gasteiger partial charge < -0.3 is 5.32 Å². The lowest BCUT2D eigenvalue weighted by Crippen LogP contribution is -2.25. The van der Waals surface area contributed by atoms with E-state index in [1.165, 1.54) is 17.3 Å². The largest absolute Gasteiger partial charge is 0.351 e. The van der Waals surface area contributed by atoms with Crippen LogP contribution in [0.15, 0.2) is 58.5 Å². The lowest BCUT2D eigenvalue weighted by molar-refractivity contribution is -0.118. The van der Waals surface area contributed by atoms with Gasteiger partial charge in [0.05, 0.1) is 16.7 Å². The molecule has 8 heteroatoms. The number of nitrogens with one attached hydrogen (secondary N) is 1. The van der Waals surface area contributed by atoms with Crippen LogP contribution in [0.2, 0.25) is 0 Å². The van der Waals surface area contributed by atoms with Gasteiger partial charge in [0.1, 0.15) is 0 Å². The number of para-hydroxylation sites is 1. The number of carbonyl (C=O) groups excluding carboxylic acids is 1. The quantitative estimate of drug-likeness (QED) is 0.414. The third kappa shape index (κ3) is 4.70. The van der Waals surface area contributed by atoms with E-state index in [1.807, 2.05) is 59.9 Å². The molecule has 0 aliphatic heterocycles. The van der Waals surface area contributed by atoms with Gasteiger partial charge in [-0.2, -0.15) is 0 Å². The number of thioether (sulfide) groups is 1. The molecule has 0 saturated carbocycles. The molecule has 0 spiro atoms. The molecular weight excluding hydrogens is 422 g/mol. The first-order valence-corrected chi connectivity index (χ1v) is 11.7. The monoisotopic (exact) mass is 449 g/mol. The number of rotatable bonds is 8. The minimum atomic E-state index is -0.0789. The molecule has 0 radical (unpaired) electrons. The van der Waals surface area contributed by atoms with Crippen molar-refractivity contribution in [1.29, 1.82) is 0 Å². The van der Waals surface area contributed by atoms with Crippen molar-refractivity contribution < 1.29 is 4.79 Å². The number of aromatic nitrogens is 4. The van der Waals surface area contributed by atoms with Gasteiger partial charge >= 0.3 is 0 Å². The van der Waals surface area contributed by atoms with E-state index in [1.54, 1.807) is 4.57 Å². The fourth-order valence-corrected chi connectivity index (χ4v) is 4.27. The Balaban J connectivity index is 1.57. The van der Waals surface area contributed by atoms with Crippen LogP contribution in [0, 0.1) is 12.8 Å². The second-order valence-corrected chi connectivity index (χ2v) is 9.27. The van der Waals surface area contributed by atoms with Crippen molar-refractivity contribution in [1.82, 2.24) is 24.5 Å². The van der Waals surface area contributed by atoms with Crippen molar-refractivity contribution in [3.63, 3.8) is 0 Å². The zero-order valence-corrected chi connectivity index (χ0v) is 19.4. The predicted octanol–water partition coefficient (Wildman–Crippen LogP) is 3.81. The predicted molar refractivity (Wildman–Crippen MR) is 128 cm³/mol. The maximum Gasteiger partial charge on any atom is 0.262 e. The number of carbonyl (C=O) groups is 1. The lowest BCUT2D eigenvalue weighted by Gasteiger charge is -2.12. The van der Waals surface area contributed by atoms with Crippen LogP contribution in [0.3, 0.4) is 0 Å². The average molecular weight is 450 g/mol. The number of nitrogens with zero attached hydrogens (tertiary/aromatic N) is 4. The molecule has 4 rings (SSSR count). The Bertz CT molecular complexity index is 1310. The molecule has 0 fully saturated rings. The first-order chi connectivity index (χ1) is 15.4. The van der Waals surface area contributed by atoms with Gasteiger partial charge in [-0.1, -0.05) is 67.6 Å². The number of benzene rings is 2. The molecule has 166 valence electrons. The molecule has 1 amide bonds. The number of amides is 1. The standard InChI is InChI=1S/C24H27N5O2S/c1-16(2)12-13-28-22(31)19-6-4-5-7-20(19)29-23(28)26-27-24(29)32-15-21(30)25-14-18-10-8-17(3)9-11-18/h4-11,16H,12-15H2,1-3H3,(H,25,30). The average Bonchev–Trinajstić information content (AvgIpc) is 3.21. The molecule has 0 bridgehead atoms. The Kier molecular flexibility index (Phi) is 6.60. The molecule has 2 heterocycles. The number of aryl methyl sites for hydroxylation is 2. The molecule has 2 aromatic carbocycles. The van der Waals surface area contributed by atoms with Crippen LogP contribution in [-0.4, -0.2) is 30.8 Å². The summed E-state index contributed by atoms with van der Waals surface area (Å²) in [4.78, 5) is 25.5. The summed E-state index contributed by atoms with van der Waals surface area (Å²) in [6.45, 7) is 7.35. The molecular formula is C24H27N5O2S. The van der Waals surface area contributed by atoms with E-state index in [0.717, 1.165) is 17.5 Å². The van der Waals surface area contributed by atoms with Gasteiger partial charge in [0, 0.05) is 13.1 Å². The molecule has 0 saturated heterocycles. The van der Waals surface area contributed by atoms with Crippen LogP contribution in [0.5, 0.6) is 0 Å². The zero-order valence-electron chi connectivity index (χ0n) is 18.5. The molecule has 0 aliphatic carbocycles. The van der Waals surface area contributed by atoms with Crippen LogP contribution in [-0.2, 0) is 17.9 Å². The Morgan fingerprint density at radius 3 is 2.59 bits per heavy atom. The summed E-state index contributed by atoms with van der Waals surface area (Å²) < 4.78 is 3.58. The molecule has 4 aromatic rings. The van der Waals surface area contributed by atoms with Crippen molar-refractivity contribution in [2.24, 2.45) is 5.92 Å². The Morgan fingerprint density at radius 1 is 1.09 bits per heavy atom. The summed E-state index contributed by atoms with van der Waals surface area (Å²) in [5, 5.41) is 12.8. The lowest BCUT2D eigenvalue weighted by atomic mass is 10.1. The molecule has 1 N–H and O–H groups in total. The third-order valence-corrected chi connectivity index (χ3v) is 6.28. The highest BCUT2D eigenvalue weighted by molar-refractivity contribution is 7.99. The first-order valence-electron chi connectivity index (χ1n) is 10.8. The summed E-state index contributed by atoms with van der Waals surface area (Å²) in [5.74, 6) is 1.11. The fourth-order valence-electron chi connectivity index (χ4n) is 3.50. The van der Waals surface area contributed by atoms with Gasteiger partial charge in [0.2, 0.25) is 11.7 Å². The highest BCUT2D eigenvalue weighted by atomic mass is 32.2. The maximum atomic E-state index is 13.1. The Morgan fingerprint density at radius 2 is 1.84 bits per heavy atom. The summed E-state index contributed by atoms with van der Waals surface area (Å²) >= 11 is 1.32. The van der Waals surface area contributed by atoms with Gasteiger partial charge in [-0.3, -0.25) is 18.6 Å². The molecule has 0 unspecified atom stereocenters. The topological polar surface area (TPSA) is 81.3 Å². The number of hydrogen-bond acceptors (Lipinski definition) is 5. The van der Waals surface area contributed by atoms with Crippen LogP contribution >= 0.6 is 11.8 Å². The zero-order chi connectivity index (χ0) is 22.7. The molecule has 0 aliphatic rings. The van der Waals surface area contributed by atoms with Crippen molar-refractivity contribution in [2.45, 2.75) is 45.4 Å². The summed E-state index contributed by atoms with van der Waals surface area (Å²) in [6.07, 6.45) is 0.866. The van der Waals surface area contributed by atoms with Crippen LogP contribution in [0.25, 0.3) is 16.7 Å². The Labute approximate surface area is 190 Å². The van der Waals surface area contributed by atoms with Crippen LogP contribution in [0.4, 0.5) is 0 Å². The maximum absolute atomic E-state index is 13.1. The summed E-state index contributed by atoms with van der Waals surface area (Å²) in [5.41, 5.74) is 2.94. The van der Waals surface area contributed by atoms with Gasteiger partial charge in [-0.25, -0.2) is 0 Å². The van der Waals surface area contributed by atoms with Crippen LogP contribution < -0.4 is 10.9 Å². The molecule has 0 atom stereocenters. The van der Waals surface area contributed by atoms with Gasteiger partial charge in [-0.15, -0.1) is 10.2 Å². The van der Waals surface area contributed by atoms with E-state index in [9.17, 15) is 9.59 Å². The minimum absolute atomic E-state index is 0.0615. The third-order valence-electron chi connectivity index (χ3n) is 5.35. The normalized spacial score (nSPS) is 11.5. The Hall–Kier alpha value is -3.13. The van der Waals surface area contributed by atoms with E-state index in [0.29, 0.717) is 35.3 Å². The minimum Gasteiger partial charge on any atom is -0.351 e. The van der Waals surface area contributed by atoms with Crippen LogP contribution in [0.1, 0.15) is 31.4 Å². The van der Waals surface area contributed by atoms with Crippen molar-refractivity contribution in [3.8, 4) is 0 Å². The molecule has 2 aromatic heterocycles. The van der Waals surface area contributed by atoms with Gasteiger partial charge in [0.25, 0.3) is 5.56 Å². The van der Waals surface area contributed by atoms with Crippen molar-refractivity contribution in [2.75, 3.05) is 5.75 Å². The van der Waals surface area contributed by atoms with E-state index in [4.69, 9.17) is 0 Å². The highest BCUT2D eigenvalue weighted by Crippen LogP contribution is 2.22. The van der Waals surface area contributed by atoms with E-state index >= 15 is 0 Å². The van der Waals surface area contributed by atoms with Crippen molar-refractivity contribution >= 4 is 34.3 Å². The fraction of sp³-hybridized carbons (Fsp3) is 0.333. The number of hydrogen-bond donors (Lipinski definition) is 1. The van der Waals surface area contributed by atoms with E-state index < -0.39 is 0 Å². The summed E-state index contributed by atoms with van der Waals surface area (Å²) in [6, 6.07) is 15.5. The second kappa shape index (κ2) is 9.56. The second-order valence-electron chi connectivity index (χ2n) is 8.33. The van der Waals surface area contributed by atoms with E-state index in [-0.39, 0.29) is 17.2 Å². The first kappa shape index (κ1) is 22.1. The number of fused-ring (bicyclic) bond motifs is 3. The van der Waals surface area contributed by atoms with Gasteiger partial charge in [0.15, 0.2) is 5.16 Å². The highest BCUT2D eigenvalue weighted by Gasteiger charge is 2.17. The van der Waals surface area contributed by atoms with E-state index in [2.05, 4.69) is 29.4 Å². The molecule has 7 nitrogen and oxygen atoms in total. The SMILES string of the molecule is Cc1ccc(CNC(=O)CSc2nnc3n(CCC(C)C)c(=O)c4ccccc4n23)cc1. The summed E-state index contributed by atoms with van der Waals surface area (Å²) in [7, 11) is 0. The van der Waals surface area contributed by atoms with Crippen molar-refractivity contribution in [3.05, 3.63) is 70.0 Å².